The first-order chi connectivity index (χ1) is 28.4. The van der Waals surface area contributed by atoms with E-state index in [1.54, 1.807) is 0 Å². The van der Waals surface area contributed by atoms with E-state index < -0.39 is 34.1 Å². The van der Waals surface area contributed by atoms with Crippen LogP contribution in [0, 0.1) is 11.8 Å². The molecule has 0 radical (unpaired) electrons. The molecule has 0 aromatic heterocycles. The zero-order valence-corrected chi connectivity index (χ0v) is 40.5. The summed E-state index contributed by atoms with van der Waals surface area (Å²) in [7, 11) is 18.1. The van der Waals surface area contributed by atoms with E-state index in [0.717, 1.165) is 36.8 Å². The molecule has 0 bridgehead atoms. The van der Waals surface area contributed by atoms with E-state index in [-0.39, 0.29) is 13.3 Å². The molecule has 4 aromatic rings. The maximum atomic E-state index is 14.5. The Kier molecular flexibility index (Phi) is 13.2. The van der Waals surface area contributed by atoms with Crippen molar-refractivity contribution in [2.45, 2.75) is 136 Å². The molecule has 2 fully saturated rings. The van der Waals surface area contributed by atoms with Gasteiger partial charge in [0.1, 0.15) is 0 Å². The van der Waals surface area contributed by atoms with Crippen LogP contribution in [0.2, 0.25) is 12.6 Å². The van der Waals surface area contributed by atoms with Crippen molar-refractivity contribution in [2.75, 3.05) is 0 Å². The molecule has 0 heterocycles. The van der Waals surface area contributed by atoms with Crippen molar-refractivity contribution in [1.82, 2.24) is 0 Å². The summed E-state index contributed by atoms with van der Waals surface area (Å²) in [5.74, 6) is -1.46. The molecule has 8 rings (SSSR count). The van der Waals surface area contributed by atoms with Gasteiger partial charge in [-0.3, -0.25) is 0 Å². The van der Waals surface area contributed by atoms with Crippen molar-refractivity contribution >= 4 is 35.1 Å². The van der Waals surface area contributed by atoms with E-state index in [9.17, 15) is 13.2 Å². The van der Waals surface area contributed by atoms with E-state index in [2.05, 4.69) is 117 Å². The Balaban J connectivity index is 1.36. The van der Waals surface area contributed by atoms with Gasteiger partial charge in [0.15, 0.2) is 0 Å². The monoisotopic (exact) mass is 931 g/mol. The van der Waals surface area contributed by atoms with E-state index in [0.29, 0.717) is 11.8 Å². The summed E-state index contributed by atoms with van der Waals surface area (Å²) in [5, 5.41) is 0. The summed E-state index contributed by atoms with van der Waals surface area (Å²) in [5.41, 5.74) is 14.6. The third kappa shape index (κ3) is 8.77. The number of alkyl halides is 3. The Morgan fingerprint density at radius 3 is 1.37 bits per heavy atom. The zero-order chi connectivity index (χ0) is 41.4. The minimum atomic E-state index is -5.65. The number of fused-ring (bicyclic) bond motifs is 2. The van der Waals surface area contributed by atoms with Crippen LogP contribution < -0.4 is 0 Å². The summed E-state index contributed by atoms with van der Waals surface area (Å²) >= 11 is -5.65. The van der Waals surface area contributed by atoms with Crippen LogP contribution in [0.15, 0.2) is 96.1 Å². The standard InChI is InChI=1S/2C24H27.C4H8F3Si.2ClH.Zr/c2*1-2-18-11-13-21(14-12-18)23-10-6-9-22-16-20(17-24(22)23)15-19-7-4-3-5-8-19;1-8-3-2-4(5,6)7;;;/h2*6,9-14,16-17,19H,2-5,7-8,15H2,1H3;8H,2-3H2,1H3;2*1H;/q;;;;;+2/p-2. The first-order valence-corrected chi connectivity index (χ1v) is 38.8. The van der Waals surface area contributed by atoms with E-state index in [4.69, 9.17) is 17.0 Å². The van der Waals surface area contributed by atoms with Gasteiger partial charge in [0.05, 0.1) is 0 Å². The molecule has 4 aliphatic carbocycles. The van der Waals surface area contributed by atoms with Gasteiger partial charge in [-0.2, -0.15) is 0 Å². The fourth-order valence-corrected chi connectivity index (χ4v) is 51.8. The third-order valence-corrected chi connectivity index (χ3v) is 65.2. The normalized spacial score (nSPS) is 21.3. The van der Waals surface area contributed by atoms with Gasteiger partial charge >= 0.3 is 364 Å². The Bertz CT molecular complexity index is 2030. The van der Waals surface area contributed by atoms with Crippen LogP contribution in [0.4, 0.5) is 13.2 Å². The van der Waals surface area contributed by atoms with Gasteiger partial charge in [-0.1, -0.05) is 0 Å². The number of allylic oxidation sites excluding steroid dienone is 2. The van der Waals surface area contributed by atoms with E-state index in [1.165, 1.54) is 120 Å². The van der Waals surface area contributed by atoms with Gasteiger partial charge in [-0.05, 0) is 0 Å². The van der Waals surface area contributed by atoms with Crippen molar-refractivity contribution in [3.63, 3.8) is 0 Å². The zero-order valence-electron chi connectivity index (χ0n) is 35.3. The van der Waals surface area contributed by atoms with Gasteiger partial charge in [0.25, 0.3) is 0 Å². The van der Waals surface area contributed by atoms with Crippen LogP contribution in [-0.2, 0) is 28.4 Å². The molecule has 59 heavy (non-hydrogen) atoms. The average Bonchev–Trinajstić information content (AvgIpc) is 3.82. The molecule has 0 saturated heterocycles. The number of hydrogen-bond donors (Lipinski definition) is 0. The van der Waals surface area contributed by atoms with Crippen LogP contribution in [0.3, 0.4) is 0 Å². The van der Waals surface area contributed by atoms with Crippen LogP contribution in [-0.4, -0.2) is 12.1 Å². The summed E-state index contributed by atoms with van der Waals surface area (Å²) in [6, 6.07) is 31.2. The summed E-state index contributed by atoms with van der Waals surface area (Å²) in [4.78, 5) is 0. The first-order valence-electron chi connectivity index (χ1n) is 22.9. The van der Waals surface area contributed by atoms with Crippen molar-refractivity contribution < 1.29 is 28.7 Å². The van der Waals surface area contributed by atoms with Crippen molar-refractivity contribution in [2.24, 2.45) is 11.8 Å². The Morgan fingerprint density at radius 2 is 1.00 bits per heavy atom. The molecule has 3 unspecified atom stereocenters. The van der Waals surface area contributed by atoms with Crippen LogP contribution in [0.1, 0.15) is 138 Å². The van der Waals surface area contributed by atoms with Gasteiger partial charge in [0.2, 0.25) is 0 Å². The molecule has 313 valence electrons. The van der Waals surface area contributed by atoms with E-state index in [1.807, 2.05) is 0 Å². The second-order valence-corrected chi connectivity index (χ2v) is 60.0. The summed E-state index contributed by atoms with van der Waals surface area (Å²) < 4.78 is 42.9. The molecule has 3 atom stereocenters. The second kappa shape index (κ2) is 17.9. The van der Waals surface area contributed by atoms with Crippen LogP contribution in [0.25, 0.3) is 34.4 Å². The topological polar surface area (TPSA) is 0 Å². The molecular weight excluding hydrogens is 872 g/mol. The molecule has 4 aliphatic rings. The quantitative estimate of drug-likeness (QED) is 0.117. The first kappa shape index (κ1) is 43.5. The predicted molar refractivity (Wildman–Crippen MR) is 247 cm³/mol. The Hall–Kier alpha value is -2.17. The molecule has 0 aliphatic heterocycles. The van der Waals surface area contributed by atoms with Crippen LogP contribution >= 0.6 is 17.0 Å². The predicted octanol–water partition coefficient (Wildman–Crippen LogP) is 17.0. The minimum absolute atomic E-state index is 0.0726. The molecule has 0 spiro atoms. The SMILES string of the molecule is CCc1ccc(-c2cccc3c2C=C(CC2CCCCC2)[CH]3[Zr]([Cl])([Cl])([CH]2C(CC3CCCCC3)=Cc3c(-c4ccc(CC)cc4)cccc32)[SiH](C)CCC(F)(F)F)cc1. The van der Waals surface area contributed by atoms with Crippen molar-refractivity contribution in [3.8, 4) is 22.3 Å². The second-order valence-electron chi connectivity index (χ2n) is 18.7. The average molecular weight is 934 g/mol. The van der Waals surface area contributed by atoms with Gasteiger partial charge in [0, 0.05) is 0 Å². The maximum absolute atomic E-state index is 14.5. The van der Waals surface area contributed by atoms with E-state index >= 15 is 0 Å². The van der Waals surface area contributed by atoms with Gasteiger partial charge in [-0.25, -0.2) is 0 Å². The summed E-state index contributed by atoms with van der Waals surface area (Å²) in [6.45, 7) is 6.52. The molecule has 0 nitrogen and oxygen atoms in total. The molecule has 4 aromatic carbocycles. The van der Waals surface area contributed by atoms with Gasteiger partial charge in [-0.15, -0.1) is 0 Å². The van der Waals surface area contributed by atoms with Gasteiger partial charge < -0.3 is 0 Å². The van der Waals surface area contributed by atoms with Crippen molar-refractivity contribution in [1.29, 1.82) is 0 Å². The Labute approximate surface area is 360 Å². The third-order valence-electron chi connectivity index (χ3n) is 15.1. The fourth-order valence-electron chi connectivity index (χ4n) is 11.8. The van der Waals surface area contributed by atoms with Crippen molar-refractivity contribution in [3.05, 3.63) is 129 Å². The number of aryl methyl sites for hydroxylation is 2. The Morgan fingerprint density at radius 1 is 0.593 bits per heavy atom. The molecule has 2 saturated carbocycles. The van der Waals surface area contributed by atoms with Crippen LogP contribution in [0.5, 0.6) is 0 Å². The summed E-state index contributed by atoms with van der Waals surface area (Å²) in [6.07, 6.45) is 15.8. The fraction of sp³-hybridized carbons (Fsp3) is 0.462. The number of hydrogen-bond acceptors (Lipinski definition) is 0. The molecular formula is C52H62Cl2F3SiZr. The molecule has 0 N–H and O–H groups in total. The molecule has 7 heteroatoms. The molecule has 0 amide bonds. The number of benzene rings is 4. The number of halogens is 5. The number of rotatable bonds is 13.